The maximum absolute atomic E-state index is 12.2. The van der Waals surface area contributed by atoms with Crippen molar-refractivity contribution >= 4 is 27.3 Å². The number of ether oxygens (including phenoxy) is 1. The normalized spacial score (nSPS) is 11.0. The Balaban J connectivity index is 1.87. The van der Waals surface area contributed by atoms with E-state index < -0.39 is 10.0 Å². The molecule has 0 bridgehead atoms. The third kappa shape index (κ3) is 6.98. The molecule has 2 rings (SSSR count). The lowest BCUT2D eigenvalue weighted by Gasteiger charge is -2.22. The van der Waals surface area contributed by atoms with Crippen LogP contribution in [0.4, 0.5) is 11.4 Å². The van der Waals surface area contributed by atoms with Gasteiger partial charge in [-0.05, 0) is 36.2 Å². The predicted octanol–water partition coefficient (Wildman–Crippen LogP) is 2.62. The van der Waals surface area contributed by atoms with Gasteiger partial charge in [0.15, 0.2) is 0 Å². The van der Waals surface area contributed by atoms with E-state index in [1.807, 2.05) is 43.3 Å². The number of anilines is 2. The highest BCUT2D eigenvalue weighted by Gasteiger charge is 2.18. The van der Waals surface area contributed by atoms with Crippen LogP contribution in [0.2, 0.25) is 0 Å². The first-order valence-electron chi connectivity index (χ1n) is 9.35. The van der Waals surface area contributed by atoms with Gasteiger partial charge in [0, 0.05) is 45.4 Å². The van der Waals surface area contributed by atoms with Gasteiger partial charge in [0.05, 0.1) is 19.1 Å². The summed E-state index contributed by atoms with van der Waals surface area (Å²) in [5, 5.41) is 2.88. The number of sulfonamides is 1. The van der Waals surface area contributed by atoms with Crippen molar-refractivity contribution < 1.29 is 17.9 Å². The van der Waals surface area contributed by atoms with Gasteiger partial charge in [0.1, 0.15) is 5.75 Å². The quantitative estimate of drug-likeness (QED) is 0.640. The van der Waals surface area contributed by atoms with E-state index in [0.717, 1.165) is 17.5 Å². The Labute approximate surface area is 173 Å². The minimum Gasteiger partial charge on any atom is -0.497 e. The van der Waals surface area contributed by atoms with Crippen LogP contribution in [0.1, 0.15) is 18.4 Å². The maximum Gasteiger partial charge on any atom is 0.232 e. The summed E-state index contributed by atoms with van der Waals surface area (Å²) >= 11 is 0. The van der Waals surface area contributed by atoms with Crippen molar-refractivity contribution in [2.45, 2.75) is 19.4 Å². The van der Waals surface area contributed by atoms with Gasteiger partial charge in [-0.3, -0.25) is 9.10 Å². The fraction of sp³-hybridized carbons (Fsp3) is 0.381. The lowest BCUT2D eigenvalue weighted by atomic mass is 10.2. The Kier molecular flexibility index (Phi) is 7.90. The summed E-state index contributed by atoms with van der Waals surface area (Å²) in [7, 11) is 2.01. The van der Waals surface area contributed by atoms with E-state index in [2.05, 4.69) is 5.32 Å². The fourth-order valence-electron chi connectivity index (χ4n) is 2.84. The van der Waals surface area contributed by atoms with Gasteiger partial charge >= 0.3 is 0 Å². The van der Waals surface area contributed by atoms with Crippen LogP contribution in [0.15, 0.2) is 48.5 Å². The Morgan fingerprint density at radius 2 is 1.76 bits per heavy atom. The maximum atomic E-state index is 12.2. The number of amides is 1. The van der Waals surface area contributed by atoms with Crippen molar-refractivity contribution in [3.05, 3.63) is 54.1 Å². The number of carbonyl (C=O) groups excluding carboxylic acids is 1. The summed E-state index contributed by atoms with van der Waals surface area (Å²) in [6, 6.07) is 14.8. The summed E-state index contributed by atoms with van der Waals surface area (Å²) in [6.45, 7) is 0.662. The molecule has 0 aliphatic rings. The predicted molar refractivity (Wildman–Crippen MR) is 117 cm³/mol. The van der Waals surface area contributed by atoms with E-state index in [4.69, 9.17) is 4.74 Å². The van der Waals surface area contributed by atoms with E-state index in [9.17, 15) is 13.2 Å². The number of nitrogens with one attached hydrogen (secondary N) is 1. The van der Waals surface area contributed by atoms with Crippen LogP contribution in [0, 0.1) is 0 Å². The molecule has 1 N–H and O–H groups in total. The molecule has 8 heteroatoms. The van der Waals surface area contributed by atoms with Crippen LogP contribution in [0.3, 0.4) is 0 Å². The van der Waals surface area contributed by atoms with E-state index in [1.54, 1.807) is 24.3 Å². The molecule has 1 amide bonds. The Hall–Kier alpha value is -2.74. The van der Waals surface area contributed by atoms with E-state index in [-0.39, 0.29) is 18.9 Å². The zero-order valence-electron chi connectivity index (χ0n) is 17.4. The molecule has 0 aromatic heterocycles. The summed E-state index contributed by atoms with van der Waals surface area (Å²) in [5.74, 6) is 0.468. The minimum atomic E-state index is -3.47. The highest BCUT2D eigenvalue weighted by molar-refractivity contribution is 7.92. The van der Waals surface area contributed by atoms with Crippen molar-refractivity contribution in [3.63, 3.8) is 0 Å². The summed E-state index contributed by atoms with van der Waals surface area (Å²) in [6.07, 6.45) is 1.81. The highest BCUT2D eigenvalue weighted by Crippen LogP contribution is 2.23. The van der Waals surface area contributed by atoms with Crippen LogP contribution in [0.25, 0.3) is 0 Å². The number of hydrogen-bond acceptors (Lipinski definition) is 5. The first-order valence-corrected chi connectivity index (χ1v) is 11.2. The molecule has 0 heterocycles. The molecule has 0 fully saturated rings. The molecular formula is C21H29N3O4S. The third-order valence-electron chi connectivity index (χ3n) is 4.45. The highest BCUT2D eigenvalue weighted by atomic mass is 32.2. The number of hydrogen-bond donors (Lipinski definition) is 1. The van der Waals surface area contributed by atoms with Gasteiger partial charge in [-0.1, -0.05) is 18.2 Å². The minimum absolute atomic E-state index is 0.110. The molecule has 2 aromatic rings. The number of methoxy groups -OCH3 is 1. The zero-order valence-corrected chi connectivity index (χ0v) is 18.2. The number of benzene rings is 2. The lowest BCUT2D eigenvalue weighted by molar-refractivity contribution is -0.121. The van der Waals surface area contributed by atoms with Crippen LogP contribution in [-0.4, -0.2) is 48.3 Å². The van der Waals surface area contributed by atoms with Crippen molar-refractivity contribution in [1.29, 1.82) is 0 Å². The fourth-order valence-corrected chi connectivity index (χ4v) is 3.79. The molecule has 0 unspecified atom stereocenters. The van der Waals surface area contributed by atoms with Crippen LogP contribution < -0.4 is 19.3 Å². The van der Waals surface area contributed by atoms with E-state index >= 15 is 0 Å². The van der Waals surface area contributed by atoms with Gasteiger partial charge in [-0.25, -0.2) is 8.42 Å². The molecule has 158 valence electrons. The summed E-state index contributed by atoms with van der Waals surface area (Å²) in [4.78, 5) is 14.2. The smallest absolute Gasteiger partial charge is 0.232 e. The Morgan fingerprint density at radius 1 is 1.07 bits per heavy atom. The summed E-state index contributed by atoms with van der Waals surface area (Å²) < 4.78 is 30.8. The molecule has 0 atom stereocenters. The lowest BCUT2D eigenvalue weighted by Crippen LogP contribution is -2.32. The SMILES string of the molecule is COc1cccc(N(CCCC(=O)NCc2ccc(N(C)C)cc2)S(C)(=O)=O)c1. The van der Waals surface area contributed by atoms with E-state index in [1.165, 1.54) is 11.4 Å². The van der Waals surface area contributed by atoms with Gasteiger partial charge in [-0.15, -0.1) is 0 Å². The van der Waals surface area contributed by atoms with Crippen molar-refractivity contribution in [3.8, 4) is 5.75 Å². The molecule has 0 radical (unpaired) electrons. The molecule has 0 spiro atoms. The molecule has 2 aromatic carbocycles. The summed E-state index contributed by atoms with van der Waals surface area (Å²) in [5.41, 5.74) is 2.63. The van der Waals surface area contributed by atoms with Gasteiger partial charge in [0.25, 0.3) is 0 Å². The van der Waals surface area contributed by atoms with Gasteiger partial charge in [-0.2, -0.15) is 0 Å². The van der Waals surface area contributed by atoms with Crippen LogP contribution in [0.5, 0.6) is 5.75 Å². The first kappa shape index (κ1) is 22.5. The molecule has 0 aliphatic heterocycles. The first-order chi connectivity index (χ1) is 13.7. The molecule has 0 saturated carbocycles. The second-order valence-electron chi connectivity index (χ2n) is 6.98. The van der Waals surface area contributed by atoms with Crippen LogP contribution in [-0.2, 0) is 21.4 Å². The standard InChI is InChI=1S/C21H29N3O4S/c1-23(2)18-12-10-17(11-13-18)16-22-21(25)9-6-14-24(29(4,26)27)19-7-5-8-20(15-19)28-3/h5,7-8,10-13,15H,6,9,14,16H2,1-4H3,(H,22,25). The molecule has 29 heavy (non-hydrogen) atoms. The Morgan fingerprint density at radius 3 is 2.34 bits per heavy atom. The second kappa shape index (κ2) is 10.2. The number of rotatable bonds is 10. The van der Waals surface area contributed by atoms with Crippen molar-refractivity contribution in [1.82, 2.24) is 5.32 Å². The Bertz CT molecular complexity index is 912. The van der Waals surface area contributed by atoms with Gasteiger partial charge < -0.3 is 15.0 Å². The van der Waals surface area contributed by atoms with Crippen LogP contribution >= 0.6 is 0 Å². The van der Waals surface area contributed by atoms with E-state index in [0.29, 0.717) is 24.4 Å². The van der Waals surface area contributed by atoms with Gasteiger partial charge in [0.2, 0.25) is 15.9 Å². The molecule has 7 nitrogen and oxygen atoms in total. The zero-order chi connectivity index (χ0) is 21.4. The number of carbonyl (C=O) groups is 1. The average Bonchev–Trinajstić information content (AvgIpc) is 2.69. The second-order valence-corrected chi connectivity index (χ2v) is 8.88. The topological polar surface area (TPSA) is 79.0 Å². The number of nitrogens with zero attached hydrogens (tertiary/aromatic N) is 2. The largest absolute Gasteiger partial charge is 0.497 e. The molecule has 0 saturated heterocycles. The third-order valence-corrected chi connectivity index (χ3v) is 5.64. The average molecular weight is 420 g/mol. The molecular weight excluding hydrogens is 390 g/mol. The van der Waals surface area contributed by atoms with Crippen molar-refractivity contribution in [2.24, 2.45) is 0 Å². The monoisotopic (exact) mass is 419 g/mol. The molecule has 0 aliphatic carbocycles. The van der Waals surface area contributed by atoms with Crippen molar-refractivity contribution in [2.75, 3.05) is 43.2 Å².